The van der Waals surface area contributed by atoms with Gasteiger partial charge in [-0.1, -0.05) is 61.4 Å². The maximum absolute atomic E-state index is 14.7. The van der Waals surface area contributed by atoms with Gasteiger partial charge in [0.2, 0.25) is 0 Å². The Morgan fingerprint density at radius 2 is 1.09 bits per heavy atom. The van der Waals surface area contributed by atoms with Crippen LogP contribution in [0.1, 0.15) is 48.3 Å². The van der Waals surface area contributed by atoms with Crippen molar-refractivity contribution in [1.82, 2.24) is 28.5 Å². The van der Waals surface area contributed by atoms with Crippen molar-refractivity contribution in [2.45, 2.75) is 49.6 Å². The van der Waals surface area contributed by atoms with Crippen LogP contribution in [0.25, 0.3) is 11.4 Å². The Bertz CT molecular complexity index is 2740. The number of hydrogen-bond donors (Lipinski definition) is 1. The number of aromatic amines is 1. The SMILES string of the molecule is C.C.C.C.C.CN(C)C=Nc1cc(=O)[nH]c(=O)n1-c1ccc(I)cc1F.COc1ccc(CCl)cc1.COc1ccc(Cn2c(=O)cc(N=CN(C)C)n(-c3ccc(I)cc3F)c2=O)cc1.[2H][B].[U]. The van der Waals surface area contributed by atoms with Crippen LogP contribution in [0, 0.1) is 49.9 Å². The monoisotopic (exact) mass is 1410 g/mol. The summed E-state index contributed by atoms with van der Waals surface area (Å²) in [6.45, 7) is 0.0331. The van der Waals surface area contributed by atoms with Gasteiger partial charge in [0.1, 0.15) is 34.8 Å². The summed E-state index contributed by atoms with van der Waals surface area (Å²) in [4.78, 5) is 63.0. The molecule has 0 fully saturated rings. The van der Waals surface area contributed by atoms with Gasteiger partial charge in [0.25, 0.3) is 11.1 Å². The average Bonchev–Trinajstić information content (AvgIpc) is 3.25. The Balaban J connectivity index is -0.000000476. The van der Waals surface area contributed by atoms with E-state index < -0.39 is 34.1 Å². The minimum absolute atomic E-state index is 0. The molecular weight excluding hydrogens is 1350 g/mol. The van der Waals surface area contributed by atoms with Gasteiger partial charge in [-0.25, -0.2) is 37.5 Å². The standard InChI is InChI=1S/C21H20FIN4O3.C13H12FIN4O2.C8H9ClO.5CH4.BH.U/c1-25(2)13-24-19-11-20(28)26(12-14-4-7-16(30-3)8-5-14)21(29)27(19)18-9-6-15(23)10-17(18)22;1-18(2)7-16-11-6-12(20)17-13(21)19(11)10-4-3-8(15)5-9(10)14;1-10-8-4-2-7(6-9)3-5-8;;;;;;;/h4-11,13H,12H2,1-3H3;3-7H,1-2H3,(H,17,20,21);2-5H,6H2,1H3;5*1H4;1H;/i;;;;;;;;1D;. The number of alkyl halides is 1. The van der Waals surface area contributed by atoms with Gasteiger partial charge in [0, 0.05) is 92.8 Å². The second-order valence-electron chi connectivity index (χ2n) is 13.1. The normalized spacial score (nSPS) is 9.78. The summed E-state index contributed by atoms with van der Waals surface area (Å²) in [5.74, 6) is 1.04. The molecule has 0 atom stereocenters. The molecule has 21 heteroatoms. The van der Waals surface area contributed by atoms with E-state index in [9.17, 15) is 28.0 Å². The van der Waals surface area contributed by atoms with Gasteiger partial charge < -0.3 is 19.3 Å². The maximum Gasteiger partial charge on any atom is 0.337 e. The largest absolute Gasteiger partial charge is 0.497 e. The minimum Gasteiger partial charge on any atom is -0.497 e. The second-order valence-corrected chi connectivity index (χ2v) is 15.9. The predicted molar refractivity (Wildman–Crippen MR) is 293 cm³/mol. The van der Waals surface area contributed by atoms with Crippen molar-refractivity contribution in [3.05, 3.63) is 169 Å². The Hall–Kier alpha value is -4.49. The van der Waals surface area contributed by atoms with E-state index in [0.29, 0.717) is 18.8 Å². The quantitative estimate of drug-likeness (QED) is 0.0444. The van der Waals surface area contributed by atoms with Crippen LogP contribution in [0.3, 0.4) is 0 Å². The average molecular weight is 1410 g/mol. The molecule has 6 aromatic rings. The smallest absolute Gasteiger partial charge is 0.337 e. The van der Waals surface area contributed by atoms with Crippen LogP contribution in [-0.4, -0.2) is 93.3 Å². The van der Waals surface area contributed by atoms with Gasteiger partial charge in [-0.3, -0.25) is 19.1 Å². The summed E-state index contributed by atoms with van der Waals surface area (Å²) in [6, 6.07) is 26.0. The molecular formula is C47H62BClF2I2N8O6U. The molecule has 0 saturated carbocycles. The number of aromatic nitrogens is 4. The van der Waals surface area contributed by atoms with Gasteiger partial charge in [0.05, 0.1) is 44.8 Å². The molecule has 0 spiro atoms. The number of hydrogen-bond acceptors (Lipinski definition) is 8. The first-order chi connectivity index (χ1) is 30.0. The summed E-state index contributed by atoms with van der Waals surface area (Å²) >= 11 is 9.54. The van der Waals surface area contributed by atoms with Crippen molar-refractivity contribution in [3.8, 4) is 22.9 Å². The molecule has 2 radical (unpaired) electrons. The van der Waals surface area contributed by atoms with Crippen molar-refractivity contribution in [2.75, 3.05) is 42.4 Å². The van der Waals surface area contributed by atoms with Crippen LogP contribution in [-0.2, 0) is 12.4 Å². The number of benzene rings is 4. The number of nitrogens with zero attached hydrogens (tertiary/aromatic N) is 7. The number of rotatable bonds is 11. The molecule has 2 aromatic heterocycles. The Kier molecular flexibility index (Phi) is 33.8. The summed E-state index contributed by atoms with van der Waals surface area (Å²) in [5, 5.41) is 0. The molecule has 0 saturated heterocycles. The van der Waals surface area contributed by atoms with Crippen LogP contribution >= 0.6 is 56.8 Å². The van der Waals surface area contributed by atoms with Gasteiger partial charge >= 0.3 is 11.4 Å². The van der Waals surface area contributed by atoms with Gasteiger partial charge in [0.15, 0.2) is 0 Å². The zero-order valence-electron chi connectivity index (χ0n) is 35.9. The number of aliphatic imine (C=N–C) groups is 2. The molecule has 1 N–H and O–H groups in total. The van der Waals surface area contributed by atoms with E-state index in [1.165, 1.54) is 43.0 Å². The van der Waals surface area contributed by atoms with E-state index >= 15 is 0 Å². The first kappa shape index (κ1) is 67.8. The van der Waals surface area contributed by atoms with E-state index in [0.717, 1.165) is 36.6 Å². The number of halogens is 5. The van der Waals surface area contributed by atoms with Gasteiger partial charge in [-0.15, -0.1) is 11.6 Å². The number of ether oxygens (including phenoxy) is 2. The predicted octanol–water partition coefficient (Wildman–Crippen LogP) is 9.48. The molecule has 0 unspecified atom stereocenters. The summed E-state index contributed by atoms with van der Waals surface area (Å²) in [7, 11) is 13.9. The molecule has 0 bridgehead atoms. The van der Waals surface area contributed by atoms with Crippen molar-refractivity contribution in [3.63, 3.8) is 0 Å². The Labute approximate surface area is 458 Å². The van der Waals surface area contributed by atoms with Crippen LogP contribution < -0.4 is 32.0 Å². The van der Waals surface area contributed by atoms with Crippen molar-refractivity contribution in [1.29, 1.82) is 1.34 Å². The molecule has 4 aromatic carbocycles. The molecule has 0 amide bonds. The molecule has 0 aliphatic carbocycles. The van der Waals surface area contributed by atoms with Crippen molar-refractivity contribution >= 4 is 89.5 Å². The van der Waals surface area contributed by atoms with E-state index in [2.05, 4.69) is 23.3 Å². The van der Waals surface area contributed by atoms with Crippen molar-refractivity contribution in [2.24, 2.45) is 9.98 Å². The molecule has 2 heterocycles. The molecule has 368 valence electrons. The summed E-state index contributed by atoms with van der Waals surface area (Å²) in [5.41, 5.74) is -0.635. The van der Waals surface area contributed by atoms with Crippen LogP contribution in [0.15, 0.2) is 126 Å². The van der Waals surface area contributed by atoms with Crippen LogP contribution in [0.2, 0.25) is 0 Å². The second kappa shape index (κ2) is 33.9. The fourth-order valence-corrected chi connectivity index (χ4v) is 6.23. The fourth-order valence-electron chi connectivity index (χ4n) is 5.15. The zero-order chi connectivity index (χ0) is 46.8. The van der Waals surface area contributed by atoms with E-state index in [4.69, 9.17) is 22.4 Å². The van der Waals surface area contributed by atoms with Crippen LogP contribution in [0.5, 0.6) is 11.5 Å². The number of nitrogens with one attached hydrogen (secondary N) is 1. The number of H-pyrrole nitrogens is 1. The third-order valence-corrected chi connectivity index (χ3v) is 9.70. The van der Waals surface area contributed by atoms with Crippen LogP contribution in [0.4, 0.5) is 20.4 Å². The third kappa shape index (κ3) is 20.2. The van der Waals surface area contributed by atoms with E-state index in [-0.39, 0.29) is 97.8 Å². The minimum atomic E-state index is -0.742. The van der Waals surface area contributed by atoms with E-state index in [1.807, 2.05) is 69.4 Å². The fraction of sp³-hybridized carbons (Fsp3) is 0.277. The molecule has 6 rings (SSSR count). The molecule has 14 nitrogen and oxygen atoms in total. The molecule has 0 aliphatic heterocycles. The summed E-state index contributed by atoms with van der Waals surface area (Å²) < 4.78 is 48.7. The Morgan fingerprint density at radius 1 is 0.676 bits per heavy atom. The Morgan fingerprint density at radius 3 is 1.49 bits per heavy atom. The first-order valence-corrected chi connectivity index (χ1v) is 20.6. The first-order valence-electron chi connectivity index (χ1n) is 18.5. The van der Waals surface area contributed by atoms with Gasteiger partial charge in [-0.2, -0.15) is 0 Å². The maximum atomic E-state index is 14.7. The van der Waals surface area contributed by atoms with Crippen molar-refractivity contribution < 1.29 is 49.4 Å². The summed E-state index contributed by atoms with van der Waals surface area (Å²) in [6.07, 6.45) is 2.87. The molecule has 68 heavy (non-hydrogen) atoms. The molecule has 0 aliphatic rings. The number of methoxy groups -OCH3 is 2. The van der Waals surface area contributed by atoms with Gasteiger partial charge in [-0.05, 0) is 118 Å². The third-order valence-electron chi connectivity index (χ3n) is 8.05. The van der Waals surface area contributed by atoms with E-state index in [1.54, 1.807) is 88.6 Å². The topological polar surface area (TPSA) is 149 Å². The zero-order valence-corrected chi connectivity index (χ0v) is 44.1.